The third-order valence-corrected chi connectivity index (χ3v) is 4.06. The fraction of sp³-hybridized carbons (Fsp3) is 0.143. The largest absolute Gasteiger partial charge is 0.326 e. The third kappa shape index (κ3) is 3.99. The maximum absolute atomic E-state index is 13.4. The lowest BCUT2D eigenvalue weighted by molar-refractivity contribution is 0.582. The van der Waals surface area contributed by atoms with E-state index in [4.69, 9.17) is 5.73 Å². The summed E-state index contributed by atoms with van der Waals surface area (Å²) in [4.78, 5) is 0. The first-order valence-electron chi connectivity index (χ1n) is 6.13. The molecule has 0 atom stereocenters. The Labute approximate surface area is 121 Å². The molecule has 3 N–H and O–H groups in total. The molecule has 4 nitrogen and oxygen atoms in total. The highest BCUT2D eigenvalue weighted by atomic mass is 32.2. The van der Waals surface area contributed by atoms with Gasteiger partial charge in [0.25, 0.3) is 0 Å². The summed E-state index contributed by atoms with van der Waals surface area (Å²) in [6.45, 7) is 0.353. The van der Waals surface area contributed by atoms with Gasteiger partial charge in [-0.1, -0.05) is 30.3 Å². The molecule has 21 heavy (non-hydrogen) atoms. The van der Waals surface area contributed by atoms with Crippen molar-refractivity contribution in [1.29, 1.82) is 0 Å². The maximum Gasteiger partial charge on any atom is 0.237 e. The monoisotopic (exact) mass is 312 g/mol. The molecule has 0 aliphatic heterocycles. The maximum atomic E-state index is 13.4. The second-order valence-corrected chi connectivity index (χ2v) is 6.20. The highest BCUT2D eigenvalue weighted by Gasteiger charge is 2.17. The van der Waals surface area contributed by atoms with E-state index >= 15 is 0 Å². The van der Waals surface area contributed by atoms with E-state index in [0.29, 0.717) is 12.1 Å². The molecule has 7 heteroatoms. The smallest absolute Gasteiger partial charge is 0.237 e. The van der Waals surface area contributed by atoms with Gasteiger partial charge in [0.15, 0.2) is 0 Å². The number of nitrogens with two attached hydrogens (primary N) is 1. The number of halogens is 2. The Hall–Kier alpha value is -1.99. The Bertz CT molecular complexity index is 711. The third-order valence-electron chi connectivity index (χ3n) is 2.84. The van der Waals surface area contributed by atoms with Gasteiger partial charge in [-0.05, 0) is 23.3 Å². The number of nitrogens with one attached hydrogen (secondary N) is 1. The zero-order valence-electron chi connectivity index (χ0n) is 11.0. The summed E-state index contributed by atoms with van der Waals surface area (Å²) < 4.78 is 52.7. The normalized spacial score (nSPS) is 11.4. The summed E-state index contributed by atoms with van der Waals surface area (Å²) in [5, 5.41) is 0. The van der Waals surface area contributed by atoms with Crippen molar-refractivity contribution >= 4 is 15.7 Å². The molecule has 0 spiro atoms. The summed E-state index contributed by atoms with van der Waals surface area (Å²) in [7, 11) is -3.91. The minimum atomic E-state index is -3.91. The van der Waals surface area contributed by atoms with Crippen LogP contribution in [0, 0.1) is 11.6 Å². The van der Waals surface area contributed by atoms with Crippen molar-refractivity contribution in [2.45, 2.75) is 12.3 Å². The molecule has 0 saturated heterocycles. The van der Waals surface area contributed by atoms with Gasteiger partial charge in [0.1, 0.15) is 17.3 Å². The van der Waals surface area contributed by atoms with Crippen LogP contribution < -0.4 is 10.5 Å². The van der Waals surface area contributed by atoms with Crippen LogP contribution >= 0.6 is 0 Å². The molecular formula is C14H14F2N2O2S. The molecule has 0 amide bonds. The molecule has 0 unspecified atom stereocenters. The van der Waals surface area contributed by atoms with Gasteiger partial charge < -0.3 is 5.73 Å². The highest BCUT2D eigenvalue weighted by molar-refractivity contribution is 7.91. The van der Waals surface area contributed by atoms with Gasteiger partial charge in [-0.25, -0.2) is 17.2 Å². The van der Waals surface area contributed by atoms with Gasteiger partial charge in [0, 0.05) is 6.54 Å². The van der Waals surface area contributed by atoms with Gasteiger partial charge in [0.05, 0.1) is 5.75 Å². The minimum Gasteiger partial charge on any atom is -0.326 e. The number of benzene rings is 2. The van der Waals surface area contributed by atoms with Crippen LogP contribution in [0.3, 0.4) is 0 Å². The van der Waals surface area contributed by atoms with E-state index in [1.54, 1.807) is 24.3 Å². The first kappa shape index (κ1) is 15.4. The molecule has 2 aromatic rings. The topological polar surface area (TPSA) is 72.2 Å². The zero-order chi connectivity index (χ0) is 15.5. The Morgan fingerprint density at radius 3 is 2.00 bits per heavy atom. The molecule has 0 aliphatic rings. The lowest BCUT2D eigenvalue weighted by Gasteiger charge is -2.10. The Balaban J connectivity index is 2.18. The molecule has 2 aromatic carbocycles. The van der Waals surface area contributed by atoms with Crippen LogP contribution in [0.4, 0.5) is 14.5 Å². The number of hydrogen-bond acceptors (Lipinski definition) is 3. The number of hydrogen-bond donors (Lipinski definition) is 2. The van der Waals surface area contributed by atoms with Crippen molar-refractivity contribution in [3.63, 3.8) is 0 Å². The average molecular weight is 312 g/mol. The van der Waals surface area contributed by atoms with Crippen LogP contribution in [0.2, 0.25) is 0 Å². The van der Waals surface area contributed by atoms with Gasteiger partial charge in [-0.2, -0.15) is 0 Å². The number of para-hydroxylation sites is 1. The second-order valence-electron chi connectivity index (χ2n) is 4.48. The van der Waals surface area contributed by atoms with E-state index < -0.39 is 27.3 Å². The van der Waals surface area contributed by atoms with E-state index in [0.717, 1.165) is 23.8 Å². The number of rotatable bonds is 5. The molecule has 0 aromatic heterocycles. The fourth-order valence-electron chi connectivity index (χ4n) is 1.78. The lowest BCUT2D eigenvalue weighted by atomic mass is 10.1. The van der Waals surface area contributed by atoms with E-state index in [-0.39, 0.29) is 5.75 Å². The number of anilines is 1. The SMILES string of the molecule is NCc1ccc(CS(=O)(=O)Nc2c(F)cccc2F)cc1. The van der Waals surface area contributed by atoms with Crippen LogP contribution in [0.1, 0.15) is 11.1 Å². The Kier molecular flexibility index (Phi) is 4.54. The van der Waals surface area contributed by atoms with Crippen molar-refractivity contribution in [2.75, 3.05) is 4.72 Å². The highest BCUT2D eigenvalue weighted by Crippen LogP contribution is 2.20. The molecule has 0 fully saturated rings. The van der Waals surface area contributed by atoms with Crippen molar-refractivity contribution < 1.29 is 17.2 Å². The van der Waals surface area contributed by atoms with Crippen LogP contribution in [-0.2, 0) is 22.3 Å². The lowest BCUT2D eigenvalue weighted by Crippen LogP contribution is -2.17. The predicted molar refractivity (Wildman–Crippen MR) is 76.9 cm³/mol. The average Bonchev–Trinajstić information content (AvgIpc) is 2.43. The van der Waals surface area contributed by atoms with E-state index in [1.165, 1.54) is 0 Å². The fourth-order valence-corrected chi connectivity index (χ4v) is 2.99. The van der Waals surface area contributed by atoms with Crippen LogP contribution in [0.25, 0.3) is 0 Å². The molecule has 2 rings (SSSR count). The summed E-state index contributed by atoms with van der Waals surface area (Å²) in [5.41, 5.74) is 6.14. The van der Waals surface area contributed by atoms with Gasteiger partial charge in [-0.3, -0.25) is 4.72 Å². The van der Waals surface area contributed by atoms with Crippen molar-refractivity contribution in [1.82, 2.24) is 0 Å². The molecular weight excluding hydrogens is 298 g/mol. The van der Waals surface area contributed by atoms with E-state index in [2.05, 4.69) is 0 Å². The Morgan fingerprint density at radius 2 is 1.48 bits per heavy atom. The second kappa shape index (κ2) is 6.19. The summed E-state index contributed by atoms with van der Waals surface area (Å²) in [6, 6.07) is 9.75. The Morgan fingerprint density at radius 1 is 0.952 bits per heavy atom. The van der Waals surface area contributed by atoms with E-state index in [1.807, 2.05) is 4.72 Å². The van der Waals surface area contributed by atoms with Crippen molar-refractivity contribution in [2.24, 2.45) is 5.73 Å². The molecule has 112 valence electrons. The first-order chi connectivity index (χ1) is 9.91. The molecule has 0 radical (unpaired) electrons. The molecule has 0 bridgehead atoms. The van der Waals surface area contributed by atoms with Crippen LogP contribution in [0.15, 0.2) is 42.5 Å². The standard InChI is InChI=1S/C14H14F2N2O2S/c15-12-2-1-3-13(16)14(12)18-21(19,20)9-11-6-4-10(8-17)5-7-11/h1-7,18H,8-9,17H2. The molecule has 0 aliphatic carbocycles. The minimum absolute atomic E-state index is 0.353. The quantitative estimate of drug-likeness (QED) is 0.890. The van der Waals surface area contributed by atoms with Crippen molar-refractivity contribution in [3.05, 3.63) is 65.2 Å². The predicted octanol–water partition coefficient (Wildman–Crippen LogP) is 2.37. The summed E-state index contributed by atoms with van der Waals surface area (Å²) in [5.74, 6) is -2.31. The molecule has 0 heterocycles. The van der Waals surface area contributed by atoms with Crippen LogP contribution in [-0.4, -0.2) is 8.42 Å². The first-order valence-corrected chi connectivity index (χ1v) is 7.79. The summed E-state index contributed by atoms with van der Waals surface area (Å²) >= 11 is 0. The van der Waals surface area contributed by atoms with Gasteiger partial charge in [0.2, 0.25) is 10.0 Å². The molecule has 0 saturated carbocycles. The van der Waals surface area contributed by atoms with Gasteiger partial charge in [-0.15, -0.1) is 0 Å². The van der Waals surface area contributed by atoms with Crippen molar-refractivity contribution in [3.8, 4) is 0 Å². The summed E-state index contributed by atoms with van der Waals surface area (Å²) in [6.07, 6.45) is 0. The van der Waals surface area contributed by atoms with E-state index in [9.17, 15) is 17.2 Å². The number of sulfonamides is 1. The zero-order valence-corrected chi connectivity index (χ0v) is 11.8. The van der Waals surface area contributed by atoms with Gasteiger partial charge >= 0.3 is 0 Å². The van der Waals surface area contributed by atoms with Crippen LogP contribution in [0.5, 0.6) is 0 Å².